The fourth-order valence-corrected chi connectivity index (χ4v) is 7.94. The van der Waals surface area contributed by atoms with Crippen molar-refractivity contribution >= 4 is 11.9 Å². The van der Waals surface area contributed by atoms with Crippen molar-refractivity contribution in [2.75, 3.05) is 6.61 Å². The van der Waals surface area contributed by atoms with E-state index in [-0.39, 0.29) is 24.9 Å². The molecule has 0 aliphatic carbocycles. The van der Waals surface area contributed by atoms with Gasteiger partial charge in [-0.3, -0.25) is 9.59 Å². The Balaban J connectivity index is 4.61. The monoisotopic (exact) mass is 882 g/mol. The van der Waals surface area contributed by atoms with Crippen molar-refractivity contribution in [3.05, 3.63) is 60.8 Å². The molecule has 0 radical (unpaired) electrons. The van der Waals surface area contributed by atoms with E-state index < -0.39 is 18.2 Å². The quantitative estimate of drug-likeness (QED) is 0.0321. The molecule has 0 aliphatic rings. The van der Waals surface area contributed by atoms with Gasteiger partial charge in [-0.1, -0.05) is 223 Å². The Bertz CT molecular complexity index is 1130. The Morgan fingerprint density at radius 1 is 0.460 bits per heavy atom. The zero-order valence-corrected chi connectivity index (χ0v) is 41.7. The minimum atomic E-state index is -0.801. The molecule has 0 bridgehead atoms. The Labute approximate surface area is 390 Å². The molecule has 6 heteroatoms. The normalized spacial score (nSPS) is 13.7. The molecule has 0 aliphatic heterocycles. The van der Waals surface area contributed by atoms with Gasteiger partial charge in [0, 0.05) is 6.42 Å². The summed E-state index contributed by atoms with van der Waals surface area (Å²) in [5.41, 5.74) is 0. The van der Waals surface area contributed by atoms with E-state index in [0.717, 1.165) is 83.5 Å². The van der Waals surface area contributed by atoms with Gasteiger partial charge in [0.25, 0.3) is 0 Å². The molecule has 0 heterocycles. The van der Waals surface area contributed by atoms with Crippen molar-refractivity contribution in [3.63, 3.8) is 0 Å². The molecule has 3 N–H and O–H groups in total. The third-order valence-corrected chi connectivity index (χ3v) is 12.1. The first-order valence-electron chi connectivity index (χ1n) is 27.0. The number of hydrogen-bond acceptors (Lipinski definition) is 5. The molecule has 0 aromatic rings. The molecule has 6 nitrogen and oxygen atoms in total. The van der Waals surface area contributed by atoms with Gasteiger partial charge in [0.15, 0.2) is 0 Å². The molecule has 0 aromatic heterocycles. The summed E-state index contributed by atoms with van der Waals surface area (Å²) in [7, 11) is 0. The fourth-order valence-electron chi connectivity index (χ4n) is 7.94. The Morgan fingerprint density at radius 3 is 1.30 bits per heavy atom. The summed E-state index contributed by atoms with van der Waals surface area (Å²) < 4.78 is 5.91. The molecule has 3 atom stereocenters. The summed E-state index contributed by atoms with van der Waals surface area (Å²) in [6.45, 7) is 6.44. The van der Waals surface area contributed by atoms with Crippen LogP contribution in [-0.2, 0) is 14.3 Å². The maximum Gasteiger partial charge on any atom is 0.306 e. The third-order valence-electron chi connectivity index (χ3n) is 12.1. The summed E-state index contributed by atoms with van der Waals surface area (Å²) >= 11 is 0. The Morgan fingerprint density at radius 2 is 0.825 bits per heavy atom. The number of rotatable bonds is 48. The van der Waals surface area contributed by atoms with Crippen LogP contribution in [0.5, 0.6) is 0 Å². The van der Waals surface area contributed by atoms with Crippen LogP contribution in [0.25, 0.3) is 0 Å². The molecule has 0 fully saturated rings. The Hall–Kier alpha value is -2.44. The maximum absolute atomic E-state index is 13.2. The standard InChI is InChI=1S/C57H103NO5/c1-4-7-10-13-16-19-22-25-26-27-28-29-30-32-35-38-41-44-47-50-57(62)63-53(48-45-42-39-36-33-24-21-18-15-12-9-6-3)51-56(61)58-54(52-59)55(60)49-46-43-40-37-34-31-23-20-17-14-11-8-5-2/h16,19,25-26,28-29,32,35-36,39,53-55,59-60H,4-15,17-18,20-24,27,30-31,33-34,37-38,40-52H2,1-3H3,(H,58,61)/b19-16-,26-25-,29-28-,35-32-,39-36-. The molecule has 63 heavy (non-hydrogen) atoms. The second-order valence-corrected chi connectivity index (χ2v) is 18.3. The van der Waals surface area contributed by atoms with E-state index in [1.54, 1.807) is 0 Å². The van der Waals surface area contributed by atoms with Gasteiger partial charge in [0.1, 0.15) is 6.10 Å². The largest absolute Gasteiger partial charge is 0.462 e. The molecule has 0 rings (SSSR count). The first-order valence-corrected chi connectivity index (χ1v) is 27.0. The third kappa shape index (κ3) is 45.9. The summed E-state index contributed by atoms with van der Waals surface area (Å²) in [6.07, 6.45) is 62.8. The van der Waals surface area contributed by atoms with E-state index in [0.29, 0.717) is 19.3 Å². The van der Waals surface area contributed by atoms with Crippen molar-refractivity contribution in [1.82, 2.24) is 5.32 Å². The van der Waals surface area contributed by atoms with Crippen LogP contribution in [0.4, 0.5) is 0 Å². The first kappa shape index (κ1) is 60.6. The lowest BCUT2D eigenvalue weighted by atomic mass is 10.0. The summed E-state index contributed by atoms with van der Waals surface area (Å²) in [5, 5.41) is 23.8. The highest BCUT2D eigenvalue weighted by molar-refractivity contribution is 5.77. The topological polar surface area (TPSA) is 95.9 Å². The summed E-state index contributed by atoms with van der Waals surface area (Å²) in [6, 6.07) is -0.717. The number of aliphatic hydroxyl groups is 2. The van der Waals surface area contributed by atoms with Crippen LogP contribution in [0.1, 0.15) is 265 Å². The van der Waals surface area contributed by atoms with Crippen LogP contribution in [0.3, 0.4) is 0 Å². The number of amides is 1. The number of aliphatic hydroxyl groups excluding tert-OH is 2. The average Bonchev–Trinajstić information content (AvgIpc) is 3.28. The van der Waals surface area contributed by atoms with Gasteiger partial charge in [0.05, 0.1) is 25.2 Å². The number of nitrogens with one attached hydrogen (secondary N) is 1. The number of ether oxygens (including phenoxy) is 1. The lowest BCUT2D eigenvalue weighted by Gasteiger charge is -2.24. The SMILES string of the molecule is CCCCC/C=C\C/C=C\C/C=C\C/C=C\CCCCCC(=O)OC(CCC/C=C\CCCCCCCCC)CC(=O)NC(CO)C(O)CCCCCCCCCCCCCCC. The van der Waals surface area contributed by atoms with Gasteiger partial charge in [-0.2, -0.15) is 0 Å². The van der Waals surface area contributed by atoms with E-state index in [9.17, 15) is 19.8 Å². The number of hydrogen-bond donors (Lipinski definition) is 3. The smallest absolute Gasteiger partial charge is 0.306 e. The highest BCUT2D eigenvalue weighted by atomic mass is 16.5. The van der Waals surface area contributed by atoms with Crippen molar-refractivity contribution in [2.45, 2.75) is 283 Å². The molecule has 0 saturated heterocycles. The van der Waals surface area contributed by atoms with Crippen molar-refractivity contribution in [1.29, 1.82) is 0 Å². The number of esters is 1. The lowest BCUT2D eigenvalue weighted by Crippen LogP contribution is -2.46. The van der Waals surface area contributed by atoms with Crippen LogP contribution < -0.4 is 5.32 Å². The fraction of sp³-hybridized carbons (Fsp3) is 0.789. The minimum Gasteiger partial charge on any atom is -0.462 e. The van der Waals surface area contributed by atoms with E-state index in [4.69, 9.17) is 4.74 Å². The second-order valence-electron chi connectivity index (χ2n) is 18.3. The number of unbranched alkanes of at least 4 members (excludes halogenated alkanes) is 26. The number of allylic oxidation sites excluding steroid dienone is 10. The van der Waals surface area contributed by atoms with Gasteiger partial charge < -0.3 is 20.3 Å². The van der Waals surface area contributed by atoms with Gasteiger partial charge >= 0.3 is 5.97 Å². The van der Waals surface area contributed by atoms with Crippen LogP contribution in [-0.4, -0.2) is 46.9 Å². The van der Waals surface area contributed by atoms with E-state index in [2.05, 4.69) is 86.8 Å². The Kier molecular flexibility index (Phi) is 48.6. The van der Waals surface area contributed by atoms with Gasteiger partial charge in [0.2, 0.25) is 5.91 Å². The van der Waals surface area contributed by atoms with Gasteiger partial charge in [-0.25, -0.2) is 0 Å². The molecule has 366 valence electrons. The zero-order valence-electron chi connectivity index (χ0n) is 41.7. The number of carbonyl (C=O) groups excluding carboxylic acids is 2. The molecule has 0 spiro atoms. The molecular weight excluding hydrogens is 779 g/mol. The summed E-state index contributed by atoms with van der Waals surface area (Å²) in [5.74, 6) is -0.536. The lowest BCUT2D eigenvalue weighted by molar-refractivity contribution is -0.151. The van der Waals surface area contributed by atoms with Crippen LogP contribution in [0.2, 0.25) is 0 Å². The van der Waals surface area contributed by atoms with Gasteiger partial charge in [-0.05, 0) is 89.9 Å². The van der Waals surface area contributed by atoms with Crippen molar-refractivity contribution in [2.24, 2.45) is 0 Å². The first-order chi connectivity index (χ1) is 31.0. The van der Waals surface area contributed by atoms with Crippen molar-refractivity contribution < 1.29 is 24.5 Å². The molecule has 0 saturated carbocycles. The van der Waals surface area contributed by atoms with Gasteiger partial charge in [-0.15, -0.1) is 0 Å². The van der Waals surface area contributed by atoms with E-state index in [1.807, 2.05) is 0 Å². The van der Waals surface area contributed by atoms with Crippen LogP contribution in [0.15, 0.2) is 60.8 Å². The summed E-state index contributed by atoms with van der Waals surface area (Å²) in [4.78, 5) is 26.2. The highest BCUT2D eigenvalue weighted by Crippen LogP contribution is 2.17. The van der Waals surface area contributed by atoms with E-state index in [1.165, 1.54) is 135 Å². The molecule has 1 amide bonds. The van der Waals surface area contributed by atoms with E-state index >= 15 is 0 Å². The average molecular weight is 882 g/mol. The van der Waals surface area contributed by atoms with Crippen molar-refractivity contribution in [3.8, 4) is 0 Å². The molecule has 3 unspecified atom stereocenters. The highest BCUT2D eigenvalue weighted by Gasteiger charge is 2.24. The van der Waals surface area contributed by atoms with Crippen LogP contribution >= 0.6 is 0 Å². The van der Waals surface area contributed by atoms with Crippen LogP contribution in [0, 0.1) is 0 Å². The maximum atomic E-state index is 13.2. The molecule has 0 aromatic carbocycles. The molecular formula is C57H103NO5. The number of carbonyl (C=O) groups is 2. The zero-order chi connectivity index (χ0) is 45.9. The minimum absolute atomic E-state index is 0.0432. The predicted molar refractivity (Wildman–Crippen MR) is 273 cm³/mol. The second kappa shape index (κ2) is 50.6. The predicted octanol–water partition coefficient (Wildman–Crippen LogP) is 16.4.